The Morgan fingerprint density at radius 1 is 1.00 bits per heavy atom. The van der Waals surface area contributed by atoms with Gasteiger partial charge in [0.15, 0.2) is 5.78 Å². The smallest absolute Gasteiger partial charge is 0.176 e. The first-order valence-electron chi connectivity index (χ1n) is 10.9. The van der Waals surface area contributed by atoms with Gasteiger partial charge >= 0.3 is 0 Å². The molecule has 0 aromatic heterocycles. The second-order valence-electron chi connectivity index (χ2n) is 8.35. The zero-order valence-electron chi connectivity index (χ0n) is 17.2. The standard InChI is InChI=1S/C23H36N2O2/c1-19-8-6-9-20(2)25(19)16-7-17-27-22-12-10-21(11-13-22)23(26)18-24-14-4-3-5-15-24/h10-13,19-20H,3-9,14-18H2,1-2H3. The Morgan fingerprint density at radius 3 is 2.33 bits per heavy atom. The van der Waals surface area contributed by atoms with E-state index in [0.717, 1.165) is 44.0 Å². The van der Waals surface area contributed by atoms with Crippen LogP contribution in [0.5, 0.6) is 5.75 Å². The van der Waals surface area contributed by atoms with Crippen LogP contribution in [-0.4, -0.2) is 60.5 Å². The minimum Gasteiger partial charge on any atom is -0.494 e. The van der Waals surface area contributed by atoms with E-state index in [0.29, 0.717) is 18.6 Å². The molecule has 2 aliphatic heterocycles. The Labute approximate surface area is 164 Å². The van der Waals surface area contributed by atoms with Crippen molar-refractivity contribution in [1.82, 2.24) is 9.80 Å². The fourth-order valence-electron chi connectivity index (χ4n) is 4.50. The van der Waals surface area contributed by atoms with Gasteiger partial charge in [-0.15, -0.1) is 0 Å². The molecule has 2 heterocycles. The Bertz CT molecular complexity index is 571. The molecular weight excluding hydrogens is 336 g/mol. The predicted molar refractivity (Wildman–Crippen MR) is 111 cm³/mol. The molecule has 0 aliphatic carbocycles. The second kappa shape index (κ2) is 10.2. The molecule has 0 saturated carbocycles. The van der Waals surface area contributed by atoms with Gasteiger partial charge in [0.1, 0.15) is 5.75 Å². The van der Waals surface area contributed by atoms with Crippen LogP contribution in [0.2, 0.25) is 0 Å². The maximum Gasteiger partial charge on any atom is 0.176 e. The number of Topliss-reactive ketones (excluding diaryl/α,β-unsaturated/α-hetero) is 1. The number of ether oxygens (including phenoxy) is 1. The van der Waals surface area contributed by atoms with E-state index in [4.69, 9.17) is 4.74 Å². The number of carbonyl (C=O) groups excluding carboxylic acids is 1. The van der Waals surface area contributed by atoms with Gasteiger partial charge in [-0.2, -0.15) is 0 Å². The van der Waals surface area contributed by atoms with Crippen molar-refractivity contribution in [1.29, 1.82) is 0 Å². The van der Waals surface area contributed by atoms with Gasteiger partial charge in [-0.1, -0.05) is 12.8 Å². The molecule has 1 aromatic carbocycles. The summed E-state index contributed by atoms with van der Waals surface area (Å²) in [4.78, 5) is 17.3. The van der Waals surface area contributed by atoms with Gasteiger partial charge in [-0.25, -0.2) is 0 Å². The van der Waals surface area contributed by atoms with E-state index in [1.165, 1.54) is 38.5 Å². The molecule has 0 N–H and O–H groups in total. The minimum atomic E-state index is 0.219. The summed E-state index contributed by atoms with van der Waals surface area (Å²) >= 11 is 0. The molecule has 4 heteroatoms. The molecule has 2 atom stereocenters. The van der Waals surface area contributed by atoms with Gasteiger partial charge in [0, 0.05) is 24.2 Å². The van der Waals surface area contributed by atoms with E-state index >= 15 is 0 Å². The molecule has 2 saturated heterocycles. The van der Waals surface area contributed by atoms with Crippen molar-refractivity contribution in [2.24, 2.45) is 0 Å². The summed E-state index contributed by atoms with van der Waals surface area (Å²) in [6.07, 6.45) is 8.77. The lowest BCUT2D eigenvalue weighted by atomic mass is 9.97. The number of hydrogen-bond acceptors (Lipinski definition) is 4. The number of hydrogen-bond donors (Lipinski definition) is 0. The number of benzene rings is 1. The van der Waals surface area contributed by atoms with E-state index in [1.54, 1.807) is 0 Å². The molecule has 2 aliphatic rings. The summed E-state index contributed by atoms with van der Waals surface area (Å²) in [7, 11) is 0. The number of piperidine rings is 2. The highest BCUT2D eigenvalue weighted by Gasteiger charge is 2.23. The van der Waals surface area contributed by atoms with Crippen LogP contribution in [0.1, 0.15) is 69.2 Å². The first-order chi connectivity index (χ1) is 13.1. The summed E-state index contributed by atoms with van der Waals surface area (Å²) < 4.78 is 5.90. The van der Waals surface area contributed by atoms with Crippen molar-refractivity contribution >= 4 is 5.78 Å². The maximum atomic E-state index is 12.4. The lowest BCUT2D eigenvalue weighted by molar-refractivity contribution is 0.0915. The molecule has 2 unspecified atom stereocenters. The third-order valence-corrected chi connectivity index (χ3v) is 6.20. The molecule has 1 aromatic rings. The van der Waals surface area contributed by atoms with E-state index in [-0.39, 0.29) is 5.78 Å². The van der Waals surface area contributed by atoms with Gasteiger partial charge in [0.2, 0.25) is 0 Å². The van der Waals surface area contributed by atoms with Gasteiger partial charge < -0.3 is 4.74 Å². The third kappa shape index (κ3) is 6.05. The van der Waals surface area contributed by atoms with Crippen LogP contribution in [0.15, 0.2) is 24.3 Å². The number of carbonyl (C=O) groups is 1. The van der Waals surface area contributed by atoms with Gasteiger partial charge in [0.05, 0.1) is 13.2 Å². The molecule has 0 amide bonds. The molecule has 0 spiro atoms. The lowest BCUT2D eigenvalue weighted by Crippen LogP contribution is -2.44. The average Bonchev–Trinajstić information content (AvgIpc) is 2.68. The highest BCUT2D eigenvalue weighted by Crippen LogP contribution is 2.22. The summed E-state index contributed by atoms with van der Waals surface area (Å²) in [5.41, 5.74) is 0.795. The Morgan fingerprint density at radius 2 is 1.67 bits per heavy atom. The predicted octanol–water partition coefficient (Wildman–Crippen LogP) is 4.39. The first-order valence-corrected chi connectivity index (χ1v) is 10.9. The Hall–Kier alpha value is -1.39. The van der Waals surface area contributed by atoms with Gasteiger partial charge in [-0.3, -0.25) is 14.6 Å². The first kappa shape index (κ1) is 20.3. The summed E-state index contributed by atoms with van der Waals surface area (Å²) in [5.74, 6) is 1.08. The van der Waals surface area contributed by atoms with Crippen LogP contribution in [0.3, 0.4) is 0 Å². The van der Waals surface area contributed by atoms with Gasteiger partial charge in [0.25, 0.3) is 0 Å². The average molecular weight is 373 g/mol. The molecule has 0 bridgehead atoms. The molecule has 4 nitrogen and oxygen atoms in total. The summed E-state index contributed by atoms with van der Waals surface area (Å²) in [5, 5.41) is 0. The maximum absolute atomic E-state index is 12.4. The van der Waals surface area contributed by atoms with Gasteiger partial charge in [-0.05, 0) is 83.3 Å². The number of ketones is 1. The highest BCUT2D eigenvalue weighted by molar-refractivity contribution is 5.97. The number of nitrogens with zero attached hydrogens (tertiary/aromatic N) is 2. The third-order valence-electron chi connectivity index (χ3n) is 6.20. The summed E-state index contributed by atoms with van der Waals surface area (Å²) in [6.45, 7) is 9.19. The summed E-state index contributed by atoms with van der Waals surface area (Å²) in [6, 6.07) is 9.09. The van der Waals surface area contributed by atoms with Crippen molar-refractivity contribution in [3.63, 3.8) is 0 Å². The van der Waals surface area contributed by atoms with Crippen molar-refractivity contribution in [3.8, 4) is 5.75 Å². The topological polar surface area (TPSA) is 32.8 Å². The highest BCUT2D eigenvalue weighted by atomic mass is 16.5. The largest absolute Gasteiger partial charge is 0.494 e. The van der Waals surface area contributed by atoms with Crippen LogP contribution in [-0.2, 0) is 0 Å². The molecule has 3 rings (SSSR count). The van der Waals surface area contributed by atoms with Crippen molar-refractivity contribution in [2.75, 3.05) is 32.8 Å². The minimum absolute atomic E-state index is 0.219. The van der Waals surface area contributed by atoms with Crippen LogP contribution in [0.25, 0.3) is 0 Å². The normalized spacial score (nSPS) is 24.7. The van der Waals surface area contributed by atoms with E-state index in [1.807, 2.05) is 24.3 Å². The number of rotatable bonds is 8. The lowest BCUT2D eigenvalue weighted by Gasteiger charge is -2.39. The molecule has 150 valence electrons. The van der Waals surface area contributed by atoms with Crippen LogP contribution in [0.4, 0.5) is 0 Å². The van der Waals surface area contributed by atoms with Crippen LogP contribution < -0.4 is 4.74 Å². The molecule has 0 radical (unpaired) electrons. The SMILES string of the molecule is CC1CCCC(C)N1CCCOc1ccc(C(=O)CN2CCCCC2)cc1. The van der Waals surface area contributed by atoms with E-state index < -0.39 is 0 Å². The van der Waals surface area contributed by atoms with Crippen LogP contribution in [0, 0.1) is 0 Å². The monoisotopic (exact) mass is 372 g/mol. The Kier molecular flexibility index (Phi) is 7.71. The van der Waals surface area contributed by atoms with Crippen molar-refractivity contribution < 1.29 is 9.53 Å². The fourth-order valence-corrected chi connectivity index (χ4v) is 4.50. The molecule has 2 fully saturated rings. The second-order valence-corrected chi connectivity index (χ2v) is 8.35. The van der Waals surface area contributed by atoms with Crippen LogP contribution >= 0.6 is 0 Å². The number of likely N-dealkylation sites (tertiary alicyclic amines) is 2. The Balaban J connectivity index is 1.39. The van der Waals surface area contributed by atoms with E-state index in [9.17, 15) is 4.79 Å². The zero-order valence-corrected chi connectivity index (χ0v) is 17.2. The zero-order chi connectivity index (χ0) is 19.1. The van der Waals surface area contributed by atoms with Crippen molar-refractivity contribution in [3.05, 3.63) is 29.8 Å². The quantitative estimate of drug-likeness (QED) is 0.501. The van der Waals surface area contributed by atoms with Crippen molar-refractivity contribution in [2.45, 2.75) is 70.9 Å². The fraction of sp³-hybridized carbons (Fsp3) is 0.696. The molecular formula is C23H36N2O2. The van der Waals surface area contributed by atoms with E-state index in [2.05, 4.69) is 23.6 Å². The molecule has 27 heavy (non-hydrogen) atoms.